The SMILES string of the molecule is Cl.Cl.O=C(CC1CC2CCC(C1)N2)NCc1ncc[nH]1. The summed E-state index contributed by atoms with van der Waals surface area (Å²) in [5, 5.41) is 6.53. The molecule has 7 heteroatoms. The number of piperidine rings is 1. The fraction of sp³-hybridized carbons (Fsp3) is 0.692. The first kappa shape index (κ1) is 17.3. The van der Waals surface area contributed by atoms with Gasteiger partial charge >= 0.3 is 0 Å². The molecule has 2 atom stereocenters. The maximum absolute atomic E-state index is 11.9. The summed E-state index contributed by atoms with van der Waals surface area (Å²) in [5.41, 5.74) is 0. The standard InChI is InChI=1S/C13H20N4O.2ClH/c18-13(16-8-12-14-3-4-15-12)7-9-5-10-1-2-11(6-9)17-10;;/h3-4,9-11,17H,1-2,5-8H2,(H,14,15)(H,16,18);2*1H. The number of nitrogens with one attached hydrogen (secondary N) is 3. The average molecular weight is 321 g/mol. The number of aromatic amines is 1. The first-order valence-electron chi connectivity index (χ1n) is 6.80. The van der Waals surface area contributed by atoms with Crippen LogP contribution in [0, 0.1) is 5.92 Å². The number of fused-ring (bicyclic) bond motifs is 2. The van der Waals surface area contributed by atoms with Crippen LogP contribution in [-0.2, 0) is 11.3 Å². The highest BCUT2D eigenvalue weighted by atomic mass is 35.5. The van der Waals surface area contributed by atoms with Crippen molar-refractivity contribution in [1.29, 1.82) is 0 Å². The Bertz CT molecular complexity index is 401. The molecule has 0 aromatic carbocycles. The third kappa shape index (κ3) is 4.36. The molecule has 3 heterocycles. The Morgan fingerprint density at radius 3 is 2.60 bits per heavy atom. The van der Waals surface area contributed by atoms with Gasteiger partial charge in [-0.05, 0) is 31.6 Å². The molecule has 3 N–H and O–H groups in total. The zero-order chi connectivity index (χ0) is 12.4. The minimum atomic E-state index is 0. The van der Waals surface area contributed by atoms with E-state index in [1.165, 1.54) is 12.8 Å². The van der Waals surface area contributed by atoms with Crippen LogP contribution in [0.5, 0.6) is 0 Å². The van der Waals surface area contributed by atoms with Gasteiger partial charge in [-0.15, -0.1) is 24.8 Å². The number of rotatable bonds is 4. The van der Waals surface area contributed by atoms with Crippen LogP contribution in [0.25, 0.3) is 0 Å². The van der Waals surface area contributed by atoms with Crippen LogP contribution in [0.2, 0.25) is 0 Å². The Balaban J connectivity index is 0.000001000. The highest BCUT2D eigenvalue weighted by Gasteiger charge is 2.34. The zero-order valence-electron chi connectivity index (χ0n) is 11.3. The summed E-state index contributed by atoms with van der Waals surface area (Å²) < 4.78 is 0. The van der Waals surface area contributed by atoms with Crippen molar-refractivity contribution in [3.05, 3.63) is 18.2 Å². The fourth-order valence-electron chi connectivity index (χ4n) is 3.25. The molecule has 0 spiro atoms. The summed E-state index contributed by atoms with van der Waals surface area (Å²) in [6.07, 6.45) is 9.02. The van der Waals surface area contributed by atoms with E-state index < -0.39 is 0 Å². The lowest BCUT2D eigenvalue weighted by Gasteiger charge is -2.28. The highest BCUT2D eigenvalue weighted by molar-refractivity contribution is 5.85. The van der Waals surface area contributed by atoms with Crippen molar-refractivity contribution < 1.29 is 4.79 Å². The number of aromatic nitrogens is 2. The van der Waals surface area contributed by atoms with Crippen LogP contribution < -0.4 is 10.6 Å². The number of amides is 1. The van der Waals surface area contributed by atoms with Gasteiger partial charge in [0.1, 0.15) is 5.82 Å². The molecule has 2 aliphatic heterocycles. The van der Waals surface area contributed by atoms with Gasteiger partial charge in [-0.1, -0.05) is 0 Å². The summed E-state index contributed by atoms with van der Waals surface area (Å²) in [4.78, 5) is 18.9. The molecule has 114 valence electrons. The molecule has 1 aromatic heterocycles. The number of imidazole rings is 1. The van der Waals surface area contributed by atoms with Gasteiger partial charge in [-0.3, -0.25) is 4.79 Å². The van der Waals surface area contributed by atoms with Gasteiger partial charge in [0.05, 0.1) is 6.54 Å². The monoisotopic (exact) mass is 320 g/mol. The van der Waals surface area contributed by atoms with E-state index in [0.717, 1.165) is 18.7 Å². The molecule has 5 nitrogen and oxygen atoms in total. The molecule has 2 unspecified atom stereocenters. The van der Waals surface area contributed by atoms with Crippen LogP contribution in [-0.4, -0.2) is 28.0 Å². The van der Waals surface area contributed by atoms with Gasteiger partial charge in [0.2, 0.25) is 5.91 Å². The lowest BCUT2D eigenvalue weighted by Crippen LogP contribution is -2.39. The molecule has 20 heavy (non-hydrogen) atoms. The van der Waals surface area contributed by atoms with Crippen molar-refractivity contribution in [2.75, 3.05) is 0 Å². The van der Waals surface area contributed by atoms with Crippen LogP contribution >= 0.6 is 24.8 Å². The first-order valence-corrected chi connectivity index (χ1v) is 6.80. The fourth-order valence-corrected chi connectivity index (χ4v) is 3.25. The number of carbonyl (C=O) groups is 1. The predicted octanol–water partition coefficient (Wildman–Crippen LogP) is 1.79. The molecule has 3 rings (SSSR count). The number of H-pyrrole nitrogens is 1. The smallest absolute Gasteiger partial charge is 0.220 e. The Morgan fingerprint density at radius 1 is 1.30 bits per heavy atom. The lowest BCUT2D eigenvalue weighted by atomic mass is 9.89. The maximum atomic E-state index is 11.9. The Kier molecular flexibility index (Phi) is 6.79. The Labute approximate surface area is 131 Å². The number of carbonyl (C=O) groups excluding carboxylic acids is 1. The van der Waals surface area contributed by atoms with Gasteiger partial charge in [0.25, 0.3) is 0 Å². The maximum Gasteiger partial charge on any atom is 0.220 e. The molecule has 1 aromatic rings. The second-order valence-corrected chi connectivity index (χ2v) is 5.49. The van der Waals surface area contributed by atoms with Crippen LogP contribution in [0.15, 0.2) is 12.4 Å². The molecule has 1 amide bonds. The van der Waals surface area contributed by atoms with E-state index in [4.69, 9.17) is 0 Å². The Hall–Kier alpha value is -0.780. The number of halogens is 2. The van der Waals surface area contributed by atoms with Crippen molar-refractivity contribution in [1.82, 2.24) is 20.6 Å². The van der Waals surface area contributed by atoms with Crippen molar-refractivity contribution in [3.8, 4) is 0 Å². The quantitative estimate of drug-likeness (QED) is 0.792. The molecular formula is C13H22Cl2N4O. The largest absolute Gasteiger partial charge is 0.349 e. The first-order chi connectivity index (χ1) is 8.79. The van der Waals surface area contributed by atoms with Gasteiger partial charge in [0, 0.05) is 30.9 Å². The van der Waals surface area contributed by atoms with Crippen molar-refractivity contribution >= 4 is 30.7 Å². The minimum Gasteiger partial charge on any atom is -0.349 e. The van der Waals surface area contributed by atoms with E-state index in [-0.39, 0.29) is 30.7 Å². The number of hydrogen-bond donors (Lipinski definition) is 3. The topological polar surface area (TPSA) is 69.8 Å². The van der Waals surface area contributed by atoms with Crippen molar-refractivity contribution in [3.63, 3.8) is 0 Å². The van der Waals surface area contributed by atoms with Gasteiger partial charge < -0.3 is 15.6 Å². The van der Waals surface area contributed by atoms with Gasteiger partial charge in [0.15, 0.2) is 0 Å². The molecule has 0 saturated carbocycles. The number of hydrogen-bond acceptors (Lipinski definition) is 3. The molecular weight excluding hydrogens is 299 g/mol. The summed E-state index contributed by atoms with van der Waals surface area (Å²) >= 11 is 0. The third-order valence-corrected chi connectivity index (χ3v) is 4.05. The average Bonchev–Trinajstić information content (AvgIpc) is 2.97. The summed E-state index contributed by atoms with van der Waals surface area (Å²) in [5.74, 6) is 1.52. The van der Waals surface area contributed by atoms with E-state index in [1.54, 1.807) is 12.4 Å². The molecule has 2 fully saturated rings. The molecule has 2 bridgehead atoms. The lowest BCUT2D eigenvalue weighted by molar-refractivity contribution is -0.122. The summed E-state index contributed by atoms with van der Waals surface area (Å²) in [7, 11) is 0. The van der Waals surface area contributed by atoms with E-state index in [2.05, 4.69) is 20.6 Å². The minimum absolute atomic E-state index is 0. The molecule has 2 saturated heterocycles. The van der Waals surface area contributed by atoms with Crippen LogP contribution in [0.4, 0.5) is 0 Å². The van der Waals surface area contributed by atoms with E-state index in [0.29, 0.717) is 31.0 Å². The second-order valence-electron chi connectivity index (χ2n) is 5.49. The van der Waals surface area contributed by atoms with E-state index in [9.17, 15) is 4.79 Å². The molecule has 0 radical (unpaired) electrons. The number of nitrogens with zero attached hydrogens (tertiary/aromatic N) is 1. The van der Waals surface area contributed by atoms with E-state index >= 15 is 0 Å². The molecule has 2 aliphatic rings. The second kappa shape index (κ2) is 7.86. The van der Waals surface area contributed by atoms with Crippen LogP contribution in [0.3, 0.4) is 0 Å². The molecule has 0 aliphatic carbocycles. The van der Waals surface area contributed by atoms with E-state index in [1.807, 2.05) is 0 Å². The van der Waals surface area contributed by atoms with Gasteiger partial charge in [-0.25, -0.2) is 4.98 Å². The normalized spacial score (nSPS) is 27.3. The summed E-state index contributed by atoms with van der Waals surface area (Å²) in [6.45, 7) is 0.504. The third-order valence-electron chi connectivity index (χ3n) is 4.05. The predicted molar refractivity (Wildman–Crippen MR) is 82.2 cm³/mol. The Morgan fingerprint density at radius 2 is 2.00 bits per heavy atom. The van der Waals surface area contributed by atoms with Crippen molar-refractivity contribution in [2.24, 2.45) is 5.92 Å². The highest BCUT2D eigenvalue weighted by Crippen LogP contribution is 2.32. The van der Waals surface area contributed by atoms with Gasteiger partial charge in [-0.2, -0.15) is 0 Å². The zero-order valence-corrected chi connectivity index (χ0v) is 12.9. The van der Waals surface area contributed by atoms with Crippen molar-refractivity contribution in [2.45, 2.75) is 50.7 Å². The summed E-state index contributed by atoms with van der Waals surface area (Å²) in [6, 6.07) is 1.32. The van der Waals surface area contributed by atoms with Crippen LogP contribution in [0.1, 0.15) is 37.9 Å².